The third-order valence-electron chi connectivity index (χ3n) is 7.16. The van der Waals surface area contributed by atoms with E-state index in [4.69, 9.17) is 14.2 Å². The van der Waals surface area contributed by atoms with Crippen molar-refractivity contribution in [1.82, 2.24) is 0 Å². The van der Waals surface area contributed by atoms with Crippen molar-refractivity contribution < 1.29 is 19.0 Å². The zero-order chi connectivity index (χ0) is 22.6. The molecule has 0 spiro atoms. The van der Waals surface area contributed by atoms with Crippen molar-refractivity contribution in [2.24, 2.45) is 5.92 Å². The molecule has 6 heteroatoms. The molecule has 1 saturated carbocycles. The fraction of sp³-hybridized carbons (Fsp3) is 0.519. The predicted octanol–water partition coefficient (Wildman–Crippen LogP) is 4.99. The van der Waals surface area contributed by atoms with Crippen LogP contribution in [0.25, 0.3) is 0 Å². The molecule has 2 aromatic rings. The third-order valence-corrected chi connectivity index (χ3v) is 7.16. The van der Waals surface area contributed by atoms with Gasteiger partial charge in [0.05, 0.1) is 19.8 Å². The van der Waals surface area contributed by atoms with Gasteiger partial charge in [0.15, 0.2) is 11.5 Å². The van der Waals surface area contributed by atoms with E-state index in [-0.39, 0.29) is 17.9 Å². The standard InChI is InChI=1S/C27H34N2O4/c1-31-25-10-9-20(13-26(25)33-24-7-2-3-8-24)21-14-27(30)29(17-21)23-6-4-5-22(15-23)28-16-19-11-12-32-18-19/h4-6,9-10,13,15,19,21,24,28H,2-3,7-8,11-12,14,16-18H2,1H3. The number of rotatable bonds is 8. The van der Waals surface area contributed by atoms with E-state index in [2.05, 4.69) is 29.6 Å². The fourth-order valence-corrected chi connectivity index (χ4v) is 5.20. The van der Waals surface area contributed by atoms with E-state index in [1.165, 1.54) is 12.8 Å². The molecule has 176 valence electrons. The van der Waals surface area contributed by atoms with Gasteiger partial charge in [-0.2, -0.15) is 0 Å². The van der Waals surface area contributed by atoms with Gasteiger partial charge in [-0.3, -0.25) is 4.79 Å². The SMILES string of the molecule is COc1ccc(C2CC(=O)N(c3cccc(NCC4CCOC4)c3)C2)cc1OC1CCCC1. The maximum atomic E-state index is 13.0. The number of nitrogens with one attached hydrogen (secondary N) is 1. The Hall–Kier alpha value is -2.73. The van der Waals surface area contributed by atoms with Crippen LogP contribution in [0.5, 0.6) is 11.5 Å². The highest BCUT2D eigenvalue weighted by Gasteiger charge is 2.32. The Labute approximate surface area is 196 Å². The number of amides is 1. The normalized spacial score (nSPS) is 23.3. The first-order chi connectivity index (χ1) is 16.2. The van der Waals surface area contributed by atoms with E-state index in [0.29, 0.717) is 18.9 Å². The molecule has 3 fully saturated rings. The summed E-state index contributed by atoms with van der Waals surface area (Å²) in [6.45, 7) is 3.26. The predicted molar refractivity (Wildman–Crippen MR) is 129 cm³/mol. The number of carbonyl (C=O) groups is 1. The molecule has 2 saturated heterocycles. The Bertz CT molecular complexity index is 966. The van der Waals surface area contributed by atoms with Crippen LogP contribution in [0.4, 0.5) is 11.4 Å². The first-order valence-electron chi connectivity index (χ1n) is 12.3. The number of hydrogen-bond donors (Lipinski definition) is 1. The molecule has 1 N–H and O–H groups in total. The third kappa shape index (κ3) is 5.11. The molecule has 0 aromatic heterocycles. The fourth-order valence-electron chi connectivity index (χ4n) is 5.20. The van der Waals surface area contributed by atoms with Crippen molar-refractivity contribution >= 4 is 17.3 Å². The highest BCUT2D eigenvalue weighted by Crippen LogP contribution is 2.38. The summed E-state index contributed by atoms with van der Waals surface area (Å²) in [5.41, 5.74) is 3.13. The highest BCUT2D eigenvalue weighted by molar-refractivity contribution is 5.97. The average Bonchev–Trinajstić information content (AvgIpc) is 3.61. The van der Waals surface area contributed by atoms with Gasteiger partial charge in [-0.25, -0.2) is 0 Å². The smallest absolute Gasteiger partial charge is 0.227 e. The van der Waals surface area contributed by atoms with E-state index in [1.807, 2.05) is 23.1 Å². The number of carbonyl (C=O) groups excluding carboxylic acids is 1. The number of methoxy groups -OCH3 is 1. The van der Waals surface area contributed by atoms with Gasteiger partial charge < -0.3 is 24.4 Å². The van der Waals surface area contributed by atoms with E-state index < -0.39 is 0 Å². The zero-order valence-electron chi connectivity index (χ0n) is 19.4. The molecule has 33 heavy (non-hydrogen) atoms. The Kier molecular flexibility index (Phi) is 6.72. The van der Waals surface area contributed by atoms with Crippen LogP contribution in [0.1, 0.15) is 50.0 Å². The average molecular weight is 451 g/mol. The number of ether oxygens (including phenoxy) is 3. The van der Waals surface area contributed by atoms with E-state index >= 15 is 0 Å². The Morgan fingerprint density at radius 1 is 1.09 bits per heavy atom. The topological polar surface area (TPSA) is 60.0 Å². The minimum absolute atomic E-state index is 0.140. The van der Waals surface area contributed by atoms with Crippen LogP contribution in [0.2, 0.25) is 0 Å². The molecular weight excluding hydrogens is 416 g/mol. The molecule has 0 radical (unpaired) electrons. The number of nitrogens with zero attached hydrogens (tertiary/aromatic N) is 1. The number of benzene rings is 2. The lowest BCUT2D eigenvalue weighted by Gasteiger charge is -2.20. The molecule has 2 atom stereocenters. The monoisotopic (exact) mass is 450 g/mol. The summed E-state index contributed by atoms with van der Waals surface area (Å²) in [5.74, 6) is 2.42. The minimum atomic E-state index is 0.140. The summed E-state index contributed by atoms with van der Waals surface area (Å²) in [6.07, 6.45) is 6.52. The minimum Gasteiger partial charge on any atom is -0.493 e. The van der Waals surface area contributed by atoms with Crippen LogP contribution >= 0.6 is 0 Å². The largest absolute Gasteiger partial charge is 0.493 e. The Balaban J connectivity index is 1.28. The highest BCUT2D eigenvalue weighted by atomic mass is 16.5. The molecule has 2 heterocycles. The van der Waals surface area contributed by atoms with E-state index in [9.17, 15) is 4.79 Å². The molecule has 3 aliphatic rings. The molecule has 1 aliphatic carbocycles. The lowest BCUT2D eigenvalue weighted by Crippen LogP contribution is -2.24. The maximum Gasteiger partial charge on any atom is 0.227 e. The van der Waals surface area contributed by atoms with Gasteiger partial charge >= 0.3 is 0 Å². The van der Waals surface area contributed by atoms with Crippen LogP contribution in [0.15, 0.2) is 42.5 Å². The maximum absolute atomic E-state index is 13.0. The van der Waals surface area contributed by atoms with Crippen molar-refractivity contribution in [3.63, 3.8) is 0 Å². The molecule has 1 amide bonds. The Morgan fingerprint density at radius 2 is 1.97 bits per heavy atom. The first kappa shape index (κ1) is 22.1. The van der Waals surface area contributed by atoms with Crippen LogP contribution in [0.3, 0.4) is 0 Å². The van der Waals surface area contributed by atoms with Crippen molar-refractivity contribution in [3.05, 3.63) is 48.0 Å². The van der Waals surface area contributed by atoms with Crippen molar-refractivity contribution in [1.29, 1.82) is 0 Å². The first-order valence-corrected chi connectivity index (χ1v) is 12.3. The van der Waals surface area contributed by atoms with Gasteiger partial charge in [0.2, 0.25) is 5.91 Å². The second-order valence-corrected chi connectivity index (χ2v) is 9.50. The van der Waals surface area contributed by atoms with Crippen molar-refractivity contribution in [2.45, 2.75) is 50.5 Å². The molecule has 6 nitrogen and oxygen atoms in total. The molecule has 0 bridgehead atoms. The summed E-state index contributed by atoms with van der Waals surface area (Å²) < 4.78 is 17.3. The number of anilines is 2. The van der Waals surface area contributed by atoms with Gasteiger partial charge in [0.25, 0.3) is 0 Å². The lowest BCUT2D eigenvalue weighted by molar-refractivity contribution is -0.117. The zero-order valence-corrected chi connectivity index (χ0v) is 19.4. The van der Waals surface area contributed by atoms with E-state index in [1.54, 1.807) is 7.11 Å². The molecule has 5 rings (SSSR count). The molecule has 2 aromatic carbocycles. The van der Waals surface area contributed by atoms with Gasteiger partial charge in [-0.15, -0.1) is 0 Å². The molecule has 2 aliphatic heterocycles. The summed E-state index contributed by atoms with van der Waals surface area (Å²) in [4.78, 5) is 14.9. The second kappa shape index (κ2) is 10.0. The number of hydrogen-bond acceptors (Lipinski definition) is 5. The lowest BCUT2D eigenvalue weighted by atomic mass is 9.98. The summed E-state index contributed by atoms with van der Waals surface area (Å²) in [5, 5.41) is 3.51. The van der Waals surface area contributed by atoms with Gasteiger partial charge in [0, 0.05) is 49.3 Å². The Morgan fingerprint density at radius 3 is 2.76 bits per heavy atom. The van der Waals surface area contributed by atoms with Gasteiger partial charge in [-0.1, -0.05) is 12.1 Å². The van der Waals surface area contributed by atoms with E-state index in [0.717, 1.165) is 67.5 Å². The van der Waals surface area contributed by atoms with Crippen LogP contribution < -0.4 is 19.7 Å². The molecule has 2 unspecified atom stereocenters. The van der Waals surface area contributed by atoms with Crippen LogP contribution in [0, 0.1) is 5.92 Å². The van der Waals surface area contributed by atoms with Gasteiger partial charge in [-0.05, 0) is 68.0 Å². The van der Waals surface area contributed by atoms with Crippen LogP contribution in [-0.2, 0) is 9.53 Å². The summed E-state index contributed by atoms with van der Waals surface area (Å²) in [7, 11) is 1.68. The summed E-state index contributed by atoms with van der Waals surface area (Å²) in [6, 6.07) is 14.3. The van der Waals surface area contributed by atoms with Crippen molar-refractivity contribution in [3.8, 4) is 11.5 Å². The van der Waals surface area contributed by atoms with Crippen molar-refractivity contribution in [2.75, 3.05) is 43.6 Å². The quantitative estimate of drug-likeness (QED) is 0.614. The van der Waals surface area contributed by atoms with Gasteiger partial charge in [0.1, 0.15) is 0 Å². The van der Waals surface area contributed by atoms with Crippen LogP contribution in [-0.4, -0.2) is 45.4 Å². The summed E-state index contributed by atoms with van der Waals surface area (Å²) >= 11 is 0. The molecular formula is C27H34N2O4. The second-order valence-electron chi connectivity index (χ2n) is 9.50.